The van der Waals surface area contributed by atoms with Gasteiger partial charge in [-0.15, -0.1) is 0 Å². The van der Waals surface area contributed by atoms with E-state index in [1.807, 2.05) is 18.2 Å². The number of nitrogens with zero attached hydrogens (tertiary/aromatic N) is 3. The Labute approximate surface area is 202 Å². The quantitative estimate of drug-likeness (QED) is 0.337. The average Bonchev–Trinajstić information content (AvgIpc) is 2.80. The molecule has 6 nitrogen and oxygen atoms in total. The number of benzene rings is 2. The van der Waals surface area contributed by atoms with Crippen LogP contribution < -0.4 is 5.32 Å². The number of aromatic hydroxyl groups is 1. The van der Waals surface area contributed by atoms with Gasteiger partial charge in [-0.1, -0.05) is 74.2 Å². The number of carbonyl (C=O) groups excluding carboxylic acids is 1. The van der Waals surface area contributed by atoms with Crippen molar-refractivity contribution in [1.29, 1.82) is 0 Å². The van der Waals surface area contributed by atoms with Crippen LogP contribution in [0.4, 0.5) is 10.6 Å². The molecule has 0 bridgehead atoms. The molecule has 3 aromatic rings. The lowest BCUT2D eigenvalue weighted by molar-refractivity contribution is 0.234. The maximum absolute atomic E-state index is 12.5. The summed E-state index contributed by atoms with van der Waals surface area (Å²) < 4.78 is 1.40. The molecule has 1 aliphatic rings. The second-order valence-electron chi connectivity index (χ2n) is 8.09. The average molecular weight is 491 g/mol. The molecule has 1 heterocycles. The van der Waals surface area contributed by atoms with Crippen LogP contribution in [-0.2, 0) is 0 Å². The second kappa shape index (κ2) is 10.1. The highest BCUT2D eigenvalue weighted by Crippen LogP contribution is 2.37. The fourth-order valence-corrected chi connectivity index (χ4v) is 4.69. The van der Waals surface area contributed by atoms with Gasteiger partial charge in [0.2, 0.25) is 0 Å². The molecule has 9 heteroatoms. The van der Waals surface area contributed by atoms with Gasteiger partial charge in [-0.05, 0) is 47.7 Å². The SMILES string of the molecule is O=C(Nc1cnc2ccc(-c3cc(Cl)c(O)c(Cl)c3)cc2n1)N(S)CCC1CCCCC1. The van der Waals surface area contributed by atoms with Gasteiger partial charge in [-0.3, -0.25) is 14.6 Å². The molecule has 4 rings (SSSR count). The first-order chi connectivity index (χ1) is 15.4. The minimum Gasteiger partial charge on any atom is -0.505 e. The van der Waals surface area contributed by atoms with E-state index in [9.17, 15) is 9.90 Å². The Kier molecular flexibility index (Phi) is 7.28. The standard InChI is InChI=1S/C23H24Cl2N4O2S/c24-17-10-16(11-18(25)22(17)30)15-6-7-19-20(12-15)27-21(13-26-19)28-23(31)29(32)9-8-14-4-2-1-3-5-14/h6-7,10-14,30,32H,1-5,8-9H2,(H,27,28,31). The van der Waals surface area contributed by atoms with Crippen LogP contribution >= 0.6 is 36.0 Å². The van der Waals surface area contributed by atoms with Gasteiger partial charge in [-0.25, -0.2) is 9.78 Å². The molecular weight excluding hydrogens is 467 g/mol. The molecule has 2 N–H and O–H groups in total. The van der Waals surface area contributed by atoms with Gasteiger partial charge in [0.1, 0.15) is 0 Å². The van der Waals surface area contributed by atoms with Crippen LogP contribution in [0.1, 0.15) is 38.5 Å². The van der Waals surface area contributed by atoms with Gasteiger partial charge >= 0.3 is 6.03 Å². The second-order valence-corrected chi connectivity index (χ2v) is 9.39. The third kappa shape index (κ3) is 5.39. The van der Waals surface area contributed by atoms with Crippen LogP contribution in [-0.4, -0.2) is 32.0 Å². The molecule has 1 aromatic heterocycles. The van der Waals surface area contributed by atoms with Crippen LogP contribution in [0, 0.1) is 5.92 Å². The Morgan fingerprint density at radius 1 is 1.09 bits per heavy atom. The molecule has 0 atom stereocenters. The molecule has 2 aromatic carbocycles. The predicted octanol–water partition coefficient (Wildman–Crippen LogP) is 6.96. The van der Waals surface area contributed by atoms with Crippen molar-refractivity contribution in [3.05, 3.63) is 46.6 Å². The van der Waals surface area contributed by atoms with Crippen molar-refractivity contribution in [3.8, 4) is 16.9 Å². The summed E-state index contributed by atoms with van der Waals surface area (Å²) >= 11 is 16.5. The molecule has 0 saturated heterocycles. The summed E-state index contributed by atoms with van der Waals surface area (Å²) in [7, 11) is 0. The van der Waals surface area contributed by atoms with Crippen molar-refractivity contribution in [2.75, 3.05) is 11.9 Å². The highest BCUT2D eigenvalue weighted by atomic mass is 35.5. The molecule has 168 valence electrons. The molecule has 0 aliphatic heterocycles. The molecule has 0 spiro atoms. The number of fused-ring (bicyclic) bond motifs is 1. The van der Waals surface area contributed by atoms with Crippen LogP contribution in [0.5, 0.6) is 5.75 Å². The number of thiol groups is 1. The normalized spacial score (nSPS) is 14.5. The van der Waals surface area contributed by atoms with Gasteiger partial charge in [0.15, 0.2) is 11.6 Å². The largest absolute Gasteiger partial charge is 0.505 e. The molecule has 0 unspecified atom stereocenters. The summed E-state index contributed by atoms with van der Waals surface area (Å²) in [6.45, 7) is 0.590. The zero-order chi connectivity index (χ0) is 22.7. The van der Waals surface area contributed by atoms with Gasteiger partial charge in [0.05, 0.1) is 27.3 Å². The lowest BCUT2D eigenvalue weighted by Gasteiger charge is -2.24. The number of phenols is 1. The van der Waals surface area contributed by atoms with Crippen molar-refractivity contribution < 1.29 is 9.90 Å². The molecular formula is C23H24Cl2N4O2S. The van der Waals surface area contributed by atoms with E-state index in [4.69, 9.17) is 23.2 Å². The maximum Gasteiger partial charge on any atom is 0.332 e. The van der Waals surface area contributed by atoms with Crippen molar-refractivity contribution in [1.82, 2.24) is 14.3 Å². The van der Waals surface area contributed by atoms with Gasteiger partial charge < -0.3 is 5.11 Å². The Balaban J connectivity index is 1.47. The molecule has 0 radical (unpaired) electrons. The highest BCUT2D eigenvalue weighted by Gasteiger charge is 2.17. The number of halogens is 2. The number of phenolic OH excluding ortho intramolecular Hbond substituents is 1. The van der Waals surface area contributed by atoms with E-state index >= 15 is 0 Å². The number of hydrogen-bond donors (Lipinski definition) is 3. The van der Waals surface area contributed by atoms with E-state index in [1.54, 1.807) is 12.1 Å². The van der Waals surface area contributed by atoms with Gasteiger partial charge in [0.25, 0.3) is 0 Å². The van der Waals surface area contributed by atoms with Crippen LogP contribution in [0.25, 0.3) is 22.2 Å². The zero-order valence-corrected chi connectivity index (χ0v) is 19.8. The first kappa shape index (κ1) is 23.0. The van der Waals surface area contributed by atoms with Crippen molar-refractivity contribution >= 4 is 58.9 Å². The van der Waals surface area contributed by atoms with Gasteiger partial charge in [-0.2, -0.15) is 0 Å². The first-order valence-electron chi connectivity index (χ1n) is 10.6. The van der Waals surface area contributed by atoms with Gasteiger partial charge in [0, 0.05) is 6.54 Å². The summed E-state index contributed by atoms with van der Waals surface area (Å²) in [6, 6.07) is 8.47. The lowest BCUT2D eigenvalue weighted by atomic mass is 9.87. The predicted molar refractivity (Wildman–Crippen MR) is 133 cm³/mol. The number of anilines is 1. The Morgan fingerprint density at radius 2 is 1.81 bits per heavy atom. The fourth-order valence-electron chi connectivity index (χ4n) is 4.04. The van der Waals surface area contributed by atoms with Crippen LogP contribution in [0.3, 0.4) is 0 Å². The molecule has 32 heavy (non-hydrogen) atoms. The topological polar surface area (TPSA) is 78.3 Å². The lowest BCUT2D eigenvalue weighted by Crippen LogP contribution is -2.29. The highest BCUT2D eigenvalue weighted by molar-refractivity contribution is 7.78. The number of carbonyl (C=O) groups is 1. The van der Waals surface area contributed by atoms with Crippen molar-refractivity contribution in [2.45, 2.75) is 38.5 Å². The minimum atomic E-state index is -0.328. The third-order valence-corrected chi connectivity index (χ3v) is 6.79. The third-order valence-electron chi connectivity index (χ3n) is 5.84. The van der Waals surface area contributed by atoms with Crippen molar-refractivity contribution in [2.24, 2.45) is 5.92 Å². The molecule has 1 fully saturated rings. The Bertz CT molecular complexity index is 1120. The number of aromatic nitrogens is 2. The number of amides is 2. The first-order valence-corrected chi connectivity index (χ1v) is 11.8. The fraction of sp³-hybridized carbons (Fsp3) is 0.348. The summed E-state index contributed by atoms with van der Waals surface area (Å²) in [6.07, 6.45) is 8.83. The summed E-state index contributed by atoms with van der Waals surface area (Å²) in [5.41, 5.74) is 2.83. The van der Waals surface area contributed by atoms with Crippen LogP contribution in [0.15, 0.2) is 36.5 Å². The van der Waals surface area contributed by atoms with E-state index < -0.39 is 0 Å². The number of nitrogens with one attached hydrogen (secondary N) is 1. The Morgan fingerprint density at radius 3 is 2.53 bits per heavy atom. The molecule has 1 saturated carbocycles. The number of rotatable bonds is 5. The van der Waals surface area contributed by atoms with E-state index in [-0.39, 0.29) is 21.8 Å². The molecule has 2 amide bonds. The summed E-state index contributed by atoms with van der Waals surface area (Å²) in [4.78, 5) is 21.4. The molecule has 1 aliphatic carbocycles. The van der Waals surface area contributed by atoms with Crippen molar-refractivity contribution in [3.63, 3.8) is 0 Å². The van der Waals surface area contributed by atoms with E-state index in [0.29, 0.717) is 29.3 Å². The summed E-state index contributed by atoms with van der Waals surface area (Å²) in [5, 5.41) is 12.9. The Hall–Kier alpha value is -2.22. The van der Waals surface area contributed by atoms with E-state index in [0.717, 1.165) is 17.5 Å². The number of hydrogen-bond acceptors (Lipinski definition) is 5. The minimum absolute atomic E-state index is 0.151. The van der Waals surface area contributed by atoms with Crippen LogP contribution in [0.2, 0.25) is 10.0 Å². The maximum atomic E-state index is 12.5. The monoisotopic (exact) mass is 490 g/mol. The number of urea groups is 1. The summed E-state index contributed by atoms with van der Waals surface area (Å²) in [5.74, 6) is 0.868. The smallest absolute Gasteiger partial charge is 0.332 e. The van der Waals surface area contributed by atoms with E-state index in [2.05, 4.69) is 28.1 Å². The van der Waals surface area contributed by atoms with E-state index in [1.165, 1.54) is 42.6 Å². The zero-order valence-electron chi connectivity index (χ0n) is 17.4.